The Labute approximate surface area is 218 Å². The van der Waals surface area contributed by atoms with Crippen molar-refractivity contribution in [3.63, 3.8) is 0 Å². The van der Waals surface area contributed by atoms with Crippen LogP contribution in [0.1, 0.15) is 6.92 Å². The molecule has 2 heterocycles. The predicted molar refractivity (Wildman–Crippen MR) is 133 cm³/mol. The van der Waals surface area contributed by atoms with Crippen molar-refractivity contribution < 1.29 is 36.3 Å². The lowest BCUT2D eigenvalue weighted by atomic mass is 10.2. The van der Waals surface area contributed by atoms with Crippen LogP contribution in [0.2, 0.25) is 0 Å². The Kier molecular flexibility index (Phi) is 8.11. The average molecular weight is 552 g/mol. The van der Waals surface area contributed by atoms with Crippen LogP contribution < -0.4 is 19.8 Å². The molecule has 2 N–H and O–H groups in total. The molecule has 2 aromatic carbocycles. The molecule has 2 fully saturated rings. The fraction of sp³-hybridized carbons (Fsp3) is 0.375. The lowest BCUT2D eigenvalue weighted by molar-refractivity contribution is -0.130. The molecule has 2 aromatic rings. The molecule has 0 aliphatic carbocycles. The van der Waals surface area contributed by atoms with Crippen LogP contribution in [0.3, 0.4) is 0 Å². The number of hydrogen-bond donors (Lipinski definition) is 2. The van der Waals surface area contributed by atoms with E-state index in [4.69, 9.17) is 4.74 Å². The van der Waals surface area contributed by atoms with Gasteiger partial charge in [0.15, 0.2) is 0 Å². The van der Waals surface area contributed by atoms with E-state index in [0.717, 1.165) is 24.3 Å². The quantitative estimate of drug-likeness (QED) is 0.502. The largest absolute Gasteiger partial charge is 0.442 e. The number of cyclic esters (lactones) is 1. The van der Waals surface area contributed by atoms with E-state index in [2.05, 4.69) is 10.0 Å². The molecule has 14 heteroatoms. The monoisotopic (exact) mass is 551 g/mol. The highest BCUT2D eigenvalue weighted by molar-refractivity contribution is 7.89. The zero-order valence-corrected chi connectivity index (χ0v) is 21.3. The second kappa shape index (κ2) is 11.3. The Balaban J connectivity index is 1.30. The van der Waals surface area contributed by atoms with E-state index in [1.54, 1.807) is 17.0 Å². The molecule has 2 aliphatic heterocycles. The molecule has 3 amide bonds. The van der Waals surface area contributed by atoms with Crippen LogP contribution in [0.4, 0.5) is 25.0 Å². The highest BCUT2D eigenvalue weighted by Gasteiger charge is 2.33. The average Bonchev–Trinajstić information content (AvgIpc) is 3.27. The lowest BCUT2D eigenvalue weighted by Gasteiger charge is -2.36. The molecule has 4 rings (SSSR count). The molecular weight excluding hydrogens is 524 g/mol. The van der Waals surface area contributed by atoms with Gasteiger partial charge in [-0.3, -0.25) is 14.5 Å². The fourth-order valence-corrected chi connectivity index (χ4v) is 5.15. The van der Waals surface area contributed by atoms with Crippen molar-refractivity contribution in [3.8, 4) is 0 Å². The van der Waals surface area contributed by atoms with Crippen LogP contribution in [-0.4, -0.2) is 83.1 Å². The fourth-order valence-electron chi connectivity index (χ4n) is 4.18. The Morgan fingerprint density at radius 2 is 1.74 bits per heavy atom. The van der Waals surface area contributed by atoms with Crippen molar-refractivity contribution in [2.24, 2.45) is 0 Å². The molecular formula is C24H27F2N5O6S. The zero-order valence-electron chi connectivity index (χ0n) is 20.5. The number of anilines is 2. The molecule has 0 bridgehead atoms. The molecule has 0 aromatic heterocycles. The van der Waals surface area contributed by atoms with Gasteiger partial charge in [0.25, 0.3) is 0 Å². The Hall–Kier alpha value is -3.78. The molecule has 2 saturated heterocycles. The van der Waals surface area contributed by atoms with E-state index in [1.165, 1.54) is 22.8 Å². The molecule has 0 spiro atoms. The minimum Gasteiger partial charge on any atom is -0.442 e. The Morgan fingerprint density at radius 3 is 2.37 bits per heavy atom. The van der Waals surface area contributed by atoms with E-state index in [1.807, 2.05) is 0 Å². The minimum atomic E-state index is -3.98. The summed E-state index contributed by atoms with van der Waals surface area (Å²) in [6.45, 7) is 2.36. The Bertz CT molecular complexity index is 1320. The first-order valence-electron chi connectivity index (χ1n) is 11.8. The van der Waals surface area contributed by atoms with E-state index in [0.29, 0.717) is 24.5 Å². The van der Waals surface area contributed by atoms with Gasteiger partial charge in [0.1, 0.15) is 17.7 Å². The predicted octanol–water partition coefficient (Wildman–Crippen LogP) is 1.05. The van der Waals surface area contributed by atoms with Crippen molar-refractivity contribution >= 4 is 39.3 Å². The second-order valence-corrected chi connectivity index (χ2v) is 10.6. The standard InChI is InChI=1S/C24H27F2N5O6S/c1-16(32)27-13-19-15-31(24(34)37-19)18-4-7-22(21(26)12-18)29-8-10-30(11-9-29)23(33)14-28-38(35,36)20-5-2-17(25)3-6-20/h2-7,12,19,28H,8-11,13-15H2,1H3,(H,27,32)/t19-/m0/s1. The summed E-state index contributed by atoms with van der Waals surface area (Å²) in [6, 6.07) is 8.63. The van der Waals surface area contributed by atoms with Crippen molar-refractivity contribution in [2.75, 3.05) is 55.6 Å². The van der Waals surface area contributed by atoms with Crippen molar-refractivity contribution in [1.29, 1.82) is 0 Å². The summed E-state index contributed by atoms with van der Waals surface area (Å²) in [5.74, 6) is -1.81. The summed E-state index contributed by atoms with van der Waals surface area (Å²) in [4.78, 5) is 40.2. The summed E-state index contributed by atoms with van der Waals surface area (Å²) in [7, 11) is -3.98. The molecule has 0 radical (unpaired) electrons. The van der Waals surface area contributed by atoms with Crippen LogP contribution in [0.15, 0.2) is 47.4 Å². The van der Waals surface area contributed by atoms with Gasteiger partial charge in [-0.2, -0.15) is 0 Å². The number of hydrogen-bond acceptors (Lipinski definition) is 7. The van der Waals surface area contributed by atoms with Gasteiger partial charge in [-0.25, -0.2) is 26.7 Å². The number of rotatable bonds is 8. The van der Waals surface area contributed by atoms with Gasteiger partial charge in [-0.05, 0) is 42.5 Å². The van der Waals surface area contributed by atoms with Crippen LogP contribution in [0.5, 0.6) is 0 Å². The van der Waals surface area contributed by atoms with Gasteiger partial charge in [0.2, 0.25) is 21.8 Å². The molecule has 0 unspecified atom stereocenters. The van der Waals surface area contributed by atoms with Crippen LogP contribution in [0.25, 0.3) is 0 Å². The third kappa shape index (κ3) is 6.37. The third-order valence-electron chi connectivity index (χ3n) is 6.21. The number of piperazine rings is 1. The molecule has 1 atom stereocenters. The van der Waals surface area contributed by atoms with Gasteiger partial charge in [-0.1, -0.05) is 0 Å². The number of ether oxygens (including phenoxy) is 1. The van der Waals surface area contributed by atoms with E-state index < -0.39 is 46.3 Å². The summed E-state index contributed by atoms with van der Waals surface area (Å²) < 4.78 is 60.1. The van der Waals surface area contributed by atoms with Crippen LogP contribution in [0, 0.1) is 11.6 Å². The van der Waals surface area contributed by atoms with Crippen molar-refractivity contribution in [2.45, 2.75) is 17.9 Å². The first kappa shape index (κ1) is 27.3. The number of carbonyl (C=O) groups excluding carboxylic acids is 3. The Morgan fingerprint density at radius 1 is 1.05 bits per heavy atom. The van der Waals surface area contributed by atoms with E-state index in [9.17, 15) is 27.2 Å². The normalized spacial score (nSPS) is 17.9. The van der Waals surface area contributed by atoms with E-state index in [-0.39, 0.29) is 37.0 Å². The third-order valence-corrected chi connectivity index (χ3v) is 7.62. The summed E-state index contributed by atoms with van der Waals surface area (Å²) in [5, 5.41) is 2.58. The van der Waals surface area contributed by atoms with Gasteiger partial charge < -0.3 is 19.9 Å². The number of sulfonamides is 1. The van der Waals surface area contributed by atoms with Gasteiger partial charge >= 0.3 is 6.09 Å². The molecule has 204 valence electrons. The van der Waals surface area contributed by atoms with Crippen LogP contribution in [-0.2, 0) is 24.3 Å². The number of benzene rings is 2. The van der Waals surface area contributed by atoms with E-state index >= 15 is 4.39 Å². The number of amides is 3. The smallest absolute Gasteiger partial charge is 0.414 e. The number of nitrogens with zero attached hydrogens (tertiary/aromatic N) is 3. The first-order valence-corrected chi connectivity index (χ1v) is 13.3. The van der Waals surface area contributed by atoms with Gasteiger partial charge in [0, 0.05) is 33.1 Å². The summed E-state index contributed by atoms with van der Waals surface area (Å²) in [5.41, 5.74) is 0.629. The maximum atomic E-state index is 15.0. The maximum absolute atomic E-state index is 15.0. The highest BCUT2D eigenvalue weighted by atomic mass is 32.2. The van der Waals surface area contributed by atoms with Crippen molar-refractivity contribution in [3.05, 3.63) is 54.1 Å². The number of carbonyl (C=O) groups is 3. The van der Waals surface area contributed by atoms with Crippen molar-refractivity contribution in [1.82, 2.24) is 14.9 Å². The minimum absolute atomic E-state index is 0.152. The van der Waals surface area contributed by atoms with Gasteiger partial charge in [-0.15, -0.1) is 0 Å². The first-order chi connectivity index (χ1) is 18.0. The zero-order chi connectivity index (χ0) is 27.4. The molecule has 0 saturated carbocycles. The van der Waals surface area contributed by atoms with Gasteiger partial charge in [0.05, 0.1) is 35.9 Å². The summed E-state index contributed by atoms with van der Waals surface area (Å²) in [6.07, 6.45) is -1.17. The number of nitrogens with one attached hydrogen (secondary N) is 2. The number of halogens is 2. The molecule has 2 aliphatic rings. The summed E-state index contributed by atoms with van der Waals surface area (Å²) >= 11 is 0. The molecule has 38 heavy (non-hydrogen) atoms. The van der Waals surface area contributed by atoms with Crippen LogP contribution >= 0.6 is 0 Å². The lowest BCUT2D eigenvalue weighted by Crippen LogP contribution is -2.51. The SMILES string of the molecule is CC(=O)NC[C@H]1CN(c2ccc(N3CCN(C(=O)CNS(=O)(=O)c4ccc(F)cc4)CC3)c(F)c2)C(=O)O1. The molecule has 11 nitrogen and oxygen atoms in total. The highest BCUT2D eigenvalue weighted by Crippen LogP contribution is 2.28. The topological polar surface area (TPSA) is 128 Å². The second-order valence-electron chi connectivity index (χ2n) is 8.84. The maximum Gasteiger partial charge on any atom is 0.414 e.